The van der Waals surface area contributed by atoms with Crippen molar-refractivity contribution in [1.29, 1.82) is 0 Å². The van der Waals surface area contributed by atoms with Crippen LogP contribution in [-0.2, 0) is 19.4 Å². The van der Waals surface area contributed by atoms with Crippen molar-refractivity contribution in [3.8, 4) is 0 Å². The van der Waals surface area contributed by atoms with Crippen molar-refractivity contribution < 1.29 is 18.0 Å². The van der Waals surface area contributed by atoms with E-state index in [1.165, 1.54) is 17.4 Å². The van der Waals surface area contributed by atoms with Crippen LogP contribution >= 0.6 is 11.3 Å². The summed E-state index contributed by atoms with van der Waals surface area (Å²) in [6.45, 7) is 0. The summed E-state index contributed by atoms with van der Waals surface area (Å²) in [6.07, 6.45) is 3.23. The summed E-state index contributed by atoms with van der Waals surface area (Å²) in [5.74, 6) is -1.64. The van der Waals surface area contributed by atoms with Gasteiger partial charge in [0, 0.05) is 11.0 Å². The minimum atomic E-state index is -3.11. The van der Waals surface area contributed by atoms with E-state index in [4.69, 9.17) is 0 Å². The molecular formula is C12H14N2O4S2. The Morgan fingerprint density at radius 3 is 2.75 bits per heavy atom. The van der Waals surface area contributed by atoms with Crippen LogP contribution in [-0.4, -0.2) is 31.7 Å². The summed E-state index contributed by atoms with van der Waals surface area (Å²) in [7, 11) is -3.11. The molecule has 2 heterocycles. The zero-order chi connectivity index (χ0) is 14.6. The lowest BCUT2D eigenvalue weighted by molar-refractivity contribution is -0.129. The van der Waals surface area contributed by atoms with Crippen molar-refractivity contribution in [3.05, 3.63) is 28.5 Å². The Labute approximate surface area is 120 Å². The Morgan fingerprint density at radius 2 is 2.15 bits per heavy atom. The van der Waals surface area contributed by atoms with E-state index in [0.29, 0.717) is 6.42 Å². The van der Waals surface area contributed by atoms with E-state index in [-0.39, 0.29) is 11.5 Å². The minimum absolute atomic E-state index is 0.0251. The third kappa shape index (κ3) is 4.17. The number of carbonyl (C=O) groups is 2. The monoisotopic (exact) mass is 314 g/mol. The molecule has 0 bridgehead atoms. The molecule has 0 unspecified atom stereocenters. The lowest BCUT2D eigenvalue weighted by Gasteiger charge is -2.09. The Hall–Kier alpha value is -1.67. The highest BCUT2D eigenvalue weighted by Crippen LogP contribution is 2.17. The summed E-state index contributed by atoms with van der Waals surface area (Å²) in [4.78, 5) is 24.0. The van der Waals surface area contributed by atoms with Crippen LogP contribution in [0.4, 0.5) is 0 Å². The molecule has 1 aliphatic heterocycles. The van der Waals surface area contributed by atoms with Crippen molar-refractivity contribution in [2.75, 3.05) is 11.5 Å². The fourth-order valence-corrected chi connectivity index (χ4v) is 4.17. The number of thiophene rings is 1. The average Bonchev–Trinajstić information content (AvgIpc) is 3.02. The SMILES string of the molecule is O=C(/C=C/c1cccs1)NNC(=O)[C@H]1CCS(=O)(=O)C1. The van der Waals surface area contributed by atoms with Gasteiger partial charge in [0.2, 0.25) is 5.91 Å². The second-order valence-corrected chi connectivity index (χ2v) is 7.64. The first kappa shape index (κ1) is 14.7. The molecule has 1 atom stereocenters. The standard InChI is InChI=1S/C12H14N2O4S2/c15-11(4-3-10-2-1-6-19-10)13-14-12(16)9-5-7-20(17,18)8-9/h1-4,6,9H,5,7-8H2,(H,13,15)(H,14,16)/b4-3+/t9-/m0/s1. The molecule has 1 aromatic heterocycles. The Morgan fingerprint density at radius 1 is 1.35 bits per heavy atom. The van der Waals surface area contributed by atoms with Gasteiger partial charge in [0.1, 0.15) is 0 Å². The van der Waals surface area contributed by atoms with Gasteiger partial charge in [-0.2, -0.15) is 0 Å². The molecule has 2 N–H and O–H groups in total. The fraction of sp³-hybridized carbons (Fsp3) is 0.333. The van der Waals surface area contributed by atoms with Gasteiger partial charge in [0.15, 0.2) is 9.84 Å². The molecule has 1 saturated heterocycles. The van der Waals surface area contributed by atoms with Gasteiger partial charge < -0.3 is 0 Å². The molecule has 6 nitrogen and oxygen atoms in total. The summed E-state index contributed by atoms with van der Waals surface area (Å²) in [5, 5.41) is 1.89. The lowest BCUT2D eigenvalue weighted by atomic mass is 10.1. The van der Waals surface area contributed by atoms with Crippen LogP contribution in [0.15, 0.2) is 23.6 Å². The minimum Gasteiger partial charge on any atom is -0.273 e. The molecule has 2 amide bonds. The van der Waals surface area contributed by atoms with Crippen LogP contribution in [0.3, 0.4) is 0 Å². The zero-order valence-corrected chi connectivity index (χ0v) is 12.2. The molecule has 0 spiro atoms. The summed E-state index contributed by atoms with van der Waals surface area (Å²) >= 11 is 1.49. The van der Waals surface area contributed by atoms with Crippen molar-refractivity contribution in [3.63, 3.8) is 0 Å². The van der Waals surface area contributed by atoms with E-state index < -0.39 is 27.6 Å². The topological polar surface area (TPSA) is 92.3 Å². The smallest absolute Gasteiger partial charge is 0.262 e. The van der Waals surface area contributed by atoms with Crippen LogP contribution in [0.2, 0.25) is 0 Å². The van der Waals surface area contributed by atoms with Gasteiger partial charge in [0.05, 0.1) is 17.4 Å². The van der Waals surface area contributed by atoms with Crippen LogP contribution in [0.1, 0.15) is 11.3 Å². The molecule has 1 fully saturated rings. The fourth-order valence-electron chi connectivity index (χ4n) is 1.81. The number of carbonyl (C=O) groups excluding carboxylic acids is 2. The van der Waals surface area contributed by atoms with E-state index in [1.54, 1.807) is 6.08 Å². The highest BCUT2D eigenvalue weighted by Gasteiger charge is 2.32. The quantitative estimate of drug-likeness (QED) is 0.622. The number of rotatable bonds is 3. The Bertz CT molecular complexity index is 620. The van der Waals surface area contributed by atoms with Gasteiger partial charge >= 0.3 is 0 Å². The number of nitrogens with one attached hydrogen (secondary N) is 2. The second-order valence-electron chi connectivity index (χ2n) is 4.43. The van der Waals surface area contributed by atoms with Gasteiger partial charge in [-0.25, -0.2) is 8.42 Å². The first-order valence-corrected chi connectivity index (χ1v) is 8.68. The third-order valence-electron chi connectivity index (χ3n) is 2.85. The normalized spacial score (nSPS) is 20.9. The maximum Gasteiger partial charge on any atom is 0.262 e. The molecule has 108 valence electrons. The molecule has 0 aliphatic carbocycles. The largest absolute Gasteiger partial charge is 0.273 e. The molecule has 8 heteroatoms. The average molecular weight is 314 g/mol. The van der Waals surface area contributed by atoms with E-state index in [0.717, 1.165) is 4.88 Å². The summed E-state index contributed by atoms with van der Waals surface area (Å²) < 4.78 is 22.5. The second kappa shape index (κ2) is 6.19. The highest BCUT2D eigenvalue weighted by atomic mass is 32.2. The number of sulfone groups is 1. The zero-order valence-electron chi connectivity index (χ0n) is 10.5. The van der Waals surface area contributed by atoms with Gasteiger partial charge in [-0.15, -0.1) is 11.3 Å². The first-order valence-electron chi connectivity index (χ1n) is 5.98. The van der Waals surface area contributed by atoms with Gasteiger partial charge in [0.25, 0.3) is 5.91 Å². The highest BCUT2D eigenvalue weighted by molar-refractivity contribution is 7.91. The predicted molar refractivity (Wildman–Crippen MR) is 76.4 cm³/mol. The maximum atomic E-state index is 11.7. The molecule has 1 aliphatic rings. The number of hydrazine groups is 1. The van der Waals surface area contributed by atoms with Crippen molar-refractivity contribution in [1.82, 2.24) is 10.9 Å². The van der Waals surface area contributed by atoms with E-state index in [1.807, 2.05) is 17.5 Å². The molecule has 1 aromatic rings. The number of amides is 2. The van der Waals surface area contributed by atoms with Crippen LogP contribution < -0.4 is 10.9 Å². The Kier molecular flexibility index (Phi) is 4.56. The van der Waals surface area contributed by atoms with Gasteiger partial charge in [-0.05, 0) is 23.9 Å². The molecule has 2 rings (SSSR count). The molecule has 0 aromatic carbocycles. The Balaban J connectivity index is 1.77. The van der Waals surface area contributed by atoms with Gasteiger partial charge in [-0.1, -0.05) is 6.07 Å². The van der Waals surface area contributed by atoms with E-state index in [9.17, 15) is 18.0 Å². The van der Waals surface area contributed by atoms with E-state index >= 15 is 0 Å². The van der Waals surface area contributed by atoms with Crippen LogP contribution in [0.5, 0.6) is 0 Å². The van der Waals surface area contributed by atoms with Crippen LogP contribution in [0.25, 0.3) is 6.08 Å². The van der Waals surface area contributed by atoms with Crippen molar-refractivity contribution in [2.24, 2.45) is 5.92 Å². The molecular weight excluding hydrogens is 300 g/mol. The molecule has 20 heavy (non-hydrogen) atoms. The predicted octanol–water partition coefficient (Wildman–Crippen LogP) is 0.343. The van der Waals surface area contributed by atoms with Crippen molar-refractivity contribution in [2.45, 2.75) is 6.42 Å². The maximum absolute atomic E-state index is 11.7. The van der Waals surface area contributed by atoms with Gasteiger partial charge in [-0.3, -0.25) is 20.4 Å². The first-order chi connectivity index (χ1) is 9.46. The van der Waals surface area contributed by atoms with E-state index in [2.05, 4.69) is 10.9 Å². The summed E-state index contributed by atoms with van der Waals surface area (Å²) in [5.41, 5.74) is 4.48. The van der Waals surface area contributed by atoms with Crippen molar-refractivity contribution >= 4 is 39.1 Å². The lowest BCUT2D eigenvalue weighted by Crippen LogP contribution is -2.44. The van der Waals surface area contributed by atoms with Crippen LogP contribution in [0, 0.1) is 5.92 Å². The molecule has 0 radical (unpaired) electrons. The molecule has 0 saturated carbocycles. The third-order valence-corrected chi connectivity index (χ3v) is 5.46. The number of hydrogen-bond donors (Lipinski definition) is 2. The summed E-state index contributed by atoms with van der Waals surface area (Å²) in [6, 6.07) is 3.72. The number of hydrogen-bond acceptors (Lipinski definition) is 5.